The van der Waals surface area contributed by atoms with Crippen molar-refractivity contribution in [2.45, 2.75) is 20.4 Å². The van der Waals surface area contributed by atoms with Gasteiger partial charge in [-0.05, 0) is 25.5 Å². The third kappa shape index (κ3) is 4.91. The number of quaternary nitrogens is 1. The molecule has 2 aromatic carbocycles. The number of likely N-dealkylation sites (N-methyl/N-ethyl adjacent to an activating group) is 2. The molecule has 0 spiro atoms. The molecule has 0 aliphatic heterocycles. The van der Waals surface area contributed by atoms with Crippen molar-refractivity contribution in [1.82, 2.24) is 9.88 Å². The summed E-state index contributed by atoms with van der Waals surface area (Å²) in [6.07, 6.45) is 0. The van der Waals surface area contributed by atoms with Gasteiger partial charge in [-0.1, -0.05) is 48.5 Å². The normalized spacial score (nSPS) is 11.9. The second kappa shape index (κ2) is 10.2. The summed E-state index contributed by atoms with van der Waals surface area (Å²) in [5.74, 6) is -0.332. The van der Waals surface area contributed by atoms with E-state index >= 15 is 0 Å². The maximum atomic E-state index is 12.9. The lowest BCUT2D eigenvalue weighted by atomic mass is 9.94. The van der Waals surface area contributed by atoms with Crippen LogP contribution in [0.4, 0.5) is 0 Å². The average Bonchev–Trinajstić information content (AvgIpc) is 2.79. The second-order valence-corrected chi connectivity index (χ2v) is 7.56. The van der Waals surface area contributed by atoms with Gasteiger partial charge < -0.3 is 14.5 Å². The fourth-order valence-electron chi connectivity index (χ4n) is 3.91. The Labute approximate surface area is 183 Å². The first-order chi connectivity index (χ1) is 15.0. The number of carbonyl (C=O) groups is 2. The van der Waals surface area contributed by atoms with E-state index in [2.05, 4.69) is 0 Å². The second-order valence-electron chi connectivity index (χ2n) is 7.56. The van der Waals surface area contributed by atoms with Crippen molar-refractivity contribution in [3.8, 4) is 11.1 Å². The number of methoxy groups -OCH3 is 1. The standard InChI is InChI=1S/C25H29N3O3/c1-5-28(6-2)22(29)17-27(3)16-21-24(25(30)31-4)23(18-12-8-7-9-13-18)19-14-10-11-15-20(19)26-21/h7-15H,5-6,16-17H2,1-4H3/p+1. The van der Waals surface area contributed by atoms with Gasteiger partial charge in [0, 0.05) is 24.0 Å². The summed E-state index contributed by atoms with van der Waals surface area (Å²) in [5.41, 5.74) is 3.65. The molecule has 0 radical (unpaired) electrons. The third-order valence-corrected chi connectivity index (χ3v) is 5.46. The number of benzene rings is 2. The van der Waals surface area contributed by atoms with Crippen LogP contribution in [0.3, 0.4) is 0 Å². The van der Waals surface area contributed by atoms with Crippen molar-refractivity contribution in [2.24, 2.45) is 0 Å². The first-order valence-electron chi connectivity index (χ1n) is 10.6. The molecule has 0 saturated carbocycles. The molecule has 0 fully saturated rings. The molecule has 1 aromatic heterocycles. The quantitative estimate of drug-likeness (QED) is 0.569. The summed E-state index contributed by atoms with van der Waals surface area (Å²) in [6.45, 7) is 6.08. The lowest BCUT2D eigenvalue weighted by Gasteiger charge is -2.22. The molecule has 6 heteroatoms. The number of para-hydroxylation sites is 1. The van der Waals surface area contributed by atoms with E-state index in [-0.39, 0.29) is 5.91 Å². The molecular weight excluding hydrogens is 390 g/mol. The van der Waals surface area contributed by atoms with Crippen LogP contribution in [0.25, 0.3) is 22.0 Å². The summed E-state index contributed by atoms with van der Waals surface area (Å²) >= 11 is 0. The average molecular weight is 421 g/mol. The highest BCUT2D eigenvalue weighted by molar-refractivity contribution is 6.07. The van der Waals surface area contributed by atoms with E-state index in [0.717, 1.165) is 26.9 Å². The highest BCUT2D eigenvalue weighted by atomic mass is 16.5. The summed E-state index contributed by atoms with van der Waals surface area (Å²) in [4.78, 5) is 33.1. The van der Waals surface area contributed by atoms with Gasteiger partial charge >= 0.3 is 5.97 Å². The van der Waals surface area contributed by atoms with E-state index in [1.54, 1.807) is 0 Å². The number of esters is 1. The van der Waals surface area contributed by atoms with Gasteiger partial charge in [-0.2, -0.15) is 0 Å². The number of aromatic nitrogens is 1. The molecule has 1 atom stereocenters. The van der Waals surface area contributed by atoms with Gasteiger partial charge in [0.05, 0.1) is 25.2 Å². The summed E-state index contributed by atoms with van der Waals surface area (Å²) in [7, 11) is 3.33. The Bertz CT molecular complexity index is 1060. The zero-order valence-electron chi connectivity index (χ0n) is 18.6. The Morgan fingerprint density at radius 2 is 1.65 bits per heavy atom. The van der Waals surface area contributed by atoms with Crippen LogP contribution in [-0.4, -0.2) is 55.6 Å². The topological polar surface area (TPSA) is 63.9 Å². The fourth-order valence-corrected chi connectivity index (χ4v) is 3.91. The van der Waals surface area contributed by atoms with Crippen molar-refractivity contribution in [3.63, 3.8) is 0 Å². The zero-order valence-corrected chi connectivity index (χ0v) is 18.6. The van der Waals surface area contributed by atoms with Crippen molar-refractivity contribution in [1.29, 1.82) is 0 Å². The first kappa shape index (κ1) is 22.4. The van der Waals surface area contributed by atoms with Gasteiger partial charge in [-0.3, -0.25) is 4.79 Å². The van der Waals surface area contributed by atoms with Crippen LogP contribution in [0.5, 0.6) is 0 Å². The van der Waals surface area contributed by atoms with E-state index in [4.69, 9.17) is 9.72 Å². The molecule has 1 heterocycles. The lowest BCUT2D eigenvalue weighted by Crippen LogP contribution is -3.09. The van der Waals surface area contributed by atoms with Crippen LogP contribution in [0.2, 0.25) is 0 Å². The first-order valence-corrected chi connectivity index (χ1v) is 10.6. The van der Waals surface area contributed by atoms with Crippen molar-refractivity contribution in [3.05, 3.63) is 65.9 Å². The Morgan fingerprint density at radius 3 is 2.29 bits per heavy atom. The van der Waals surface area contributed by atoms with Crippen LogP contribution in [0.15, 0.2) is 54.6 Å². The van der Waals surface area contributed by atoms with E-state index in [1.165, 1.54) is 7.11 Å². The molecule has 1 amide bonds. The SMILES string of the molecule is CCN(CC)C(=O)C[NH+](C)Cc1nc2ccccc2c(-c2ccccc2)c1C(=O)OC. The van der Waals surface area contributed by atoms with Gasteiger partial charge in [-0.15, -0.1) is 0 Å². The Balaban J connectivity index is 2.11. The minimum atomic E-state index is -0.421. The molecule has 0 aliphatic rings. The molecule has 6 nitrogen and oxygen atoms in total. The molecule has 31 heavy (non-hydrogen) atoms. The monoisotopic (exact) mass is 420 g/mol. The molecule has 0 aliphatic carbocycles. The number of rotatable bonds is 8. The van der Waals surface area contributed by atoms with Gasteiger partial charge in [0.25, 0.3) is 5.91 Å². The third-order valence-electron chi connectivity index (χ3n) is 5.46. The molecule has 0 bridgehead atoms. The van der Waals surface area contributed by atoms with Gasteiger partial charge in [0.15, 0.2) is 6.54 Å². The highest BCUT2D eigenvalue weighted by Gasteiger charge is 2.25. The van der Waals surface area contributed by atoms with E-state index in [9.17, 15) is 9.59 Å². The number of nitrogens with one attached hydrogen (secondary N) is 1. The van der Waals surface area contributed by atoms with E-state index in [0.29, 0.717) is 37.4 Å². The number of hydrogen-bond acceptors (Lipinski definition) is 4. The van der Waals surface area contributed by atoms with Crippen molar-refractivity contribution < 1.29 is 19.2 Å². The summed E-state index contributed by atoms with van der Waals surface area (Å²) in [6, 6.07) is 17.6. The minimum absolute atomic E-state index is 0.0891. The predicted octanol–water partition coefficient (Wildman–Crippen LogP) is 2.57. The number of pyridine rings is 1. The maximum absolute atomic E-state index is 12.9. The molecule has 3 aromatic rings. The van der Waals surface area contributed by atoms with Crippen LogP contribution >= 0.6 is 0 Å². The van der Waals surface area contributed by atoms with Crippen LogP contribution in [0.1, 0.15) is 29.9 Å². The molecule has 3 rings (SSSR count). The summed E-state index contributed by atoms with van der Waals surface area (Å²) < 4.78 is 5.16. The number of amides is 1. The number of carbonyl (C=O) groups excluding carboxylic acids is 2. The lowest BCUT2D eigenvalue weighted by molar-refractivity contribution is -0.886. The van der Waals surface area contributed by atoms with Crippen molar-refractivity contribution in [2.75, 3.05) is 33.8 Å². The fraction of sp³-hybridized carbons (Fsp3) is 0.320. The molecule has 162 valence electrons. The number of fused-ring (bicyclic) bond motifs is 1. The van der Waals surface area contributed by atoms with Gasteiger partial charge in [0.1, 0.15) is 12.2 Å². The largest absolute Gasteiger partial charge is 0.465 e. The van der Waals surface area contributed by atoms with Crippen LogP contribution in [-0.2, 0) is 16.1 Å². The van der Waals surface area contributed by atoms with Crippen LogP contribution < -0.4 is 4.90 Å². The zero-order chi connectivity index (χ0) is 22.4. The predicted molar refractivity (Wildman–Crippen MR) is 122 cm³/mol. The van der Waals surface area contributed by atoms with E-state index < -0.39 is 5.97 Å². The molecule has 1 unspecified atom stereocenters. The van der Waals surface area contributed by atoms with Gasteiger partial charge in [0.2, 0.25) is 0 Å². The molecule has 1 N–H and O–H groups in total. The van der Waals surface area contributed by atoms with Crippen LogP contribution in [0, 0.1) is 0 Å². The molecular formula is C25H30N3O3+. The number of hydrogen-bond donors (Lipinski definition) is 1. The number of nitrogens with zero attached hydrogens (tertiary/aromatic N) is 2. The minimum Gasteiger partial charge on any atom is -0.465 e. The highest BCUT2D eigenvalue weighted by Crippen LogP contribution is 2.33. The Hall–Kier alpha value is -3.25. The van der Waals surface area contributed by atoms with Gasteiger partial charge in [-0.25, -0.2) is 9.78 Å². The summed E-state index contributed by atoms with van der Waals surface area (Å²) in [5, 5.41) is 0.898. The number of ether oxygens (including phenoxy) is 1. The Morgan fingerprint density at radius 1 is 1.00 bits per heavy atom. The van der Waals surface area contributed by atoms with Crippen molar-refractivity contribution >= 4 is 22.8 Å². The molecule has 0 saturated heterocycles. The van der Waals surface area contributed by atoms with E-state index in [1.807, 2.05) is 80.4 Å². The smallest absolute Gasteiger partial charge is 0.340 e. The maximum Gasteiger partial charge on any atom is 0.340 e. The Kier molecular flexibility index (Phi) is 7.36.